The average Bonchev–Trinajstić information content (AvgIpc) is 2.58. The molecule has 130 valence electrons. The molecule has 3 N–H and O–H groups in total. The molecule has 0 aliphatic carbocycles. The topological polar surface area (TPSA) is 66.0 Å². The third-order valence-electron chi connectivity index (χ3n) is 4.17. The maximum Gasteiger partial charge on any atom is 0.282 e. The van der Waals surface area contributed by atoms with Crippen LogP contribution in [0.4, 0.5) is 11.4 Å². The van der Waals surface area contributed by atoms with Gasteiger partial charge in [0.05, 0.1) is 16.4 Å². The van der Waals surface area contributed by atoms with Crippen LogP contribution in [0, 0.1) is 0 Å². The first-order chi connectivity index (χ1) is 12.0. The van der Waals surface area contributed by atoms with Gasteiger partial charge in [0.15, 0.2) is 6.54 Å². The summed E-state index contributed by atoms with van der Waals surface area (Å²) in [5, 5.41) is 5.82. The maximum atomic E-state index is 12.6. The van der Waals surface area contributed by atoms with Crippen molar-refractivity contribution in [2.24, 2.45) is 0 Å². The van der Waals surface area contributed by atoms with Crippen molar-refractivity contribution in [2.45, 2.75) is 13.0 Å². The highest BCUT2D eigenvalue weighted by molar-refractivity contribution is 6.35. The molecule has 2 aromatic carbocycles. The number of benzene rings is 2. The second kappa shape index (κ2) is 7.44. The van der Waals surface area contributed by atoms with E-state index in [0.29, 0.717) is 15.7 Å². The van der Waals surface area contributed by atoms with Gasteiger partial charge >= 0.3 is 0 Å². The molecule has 3 rings (SSSR count). The van der Waals surface area contributed by atoms with Crippen molar-refractivity contribution in [3.05, 3.63) is 58.1 Å². The monoisotopic (exact) mass is 378 g/mol. The van der Waals surface area contributed by atoms with E-state index in [9.17, 15) is 9.59 Å². The second-order valence-corrected chi connectivity index (χ2v) is 6.78. The van der Waals surface area contributed by atoms with E-state index in [0.717, 1.165) is 11.3 Å². The summed E-state index contributed by atoms with van der Waals surface area (Å²) in [5.74, 6) is -0.319. The first-order valence-electron chi connectivity index (χ1n) is 7.93. The maximum absolute atomic E-state index is 12.6. The average molecular weight is 379 g/mol. The van der Waals surface area contributed by atoms with Gasteiger partial charge in [0.25, 0.3) is 5.91 Å². The van der Waals surface area contributed by atoms with E-state index in [2.05, 4.69) is 5.32 Å². The summed E-state index contributed by atoms with van der Waals surface area (Å²) < 4.78 is 0. The summed E-state index contributed by atoms with van der Waals surface area (Å²) in [4.78, 5) is 26.0. The molecule has 0 aromatic heterocycles. The number of fused-ring (bicyclic) bond motifs is 1. The Morgan fingerprint density at radius 1 is 1.28 bits per heavy atom. The van der Waals surface area contributed by atoms with Crippen molar-refractivity contribution in [3.63, 3.8) is 0 Å². The van der Waals surface area contributed by atoms with Crippen molar-refractivity contribution < 1.29 is 14.9 Å². The molecular formula is C18H18Cl2N3O2+. The van der Waals surface area contributed by atoms with E-state index >= 15 is 0 Å². The molecule has 5 nitrogen and oxygen atoms in total. The first-order valence-corrected chi connectivity index (χ1v) is 8.69. The number of nitrogens with one attached hydrogen (secondary N) is 1. The zero-order valence-corrected chi connectivity index (χ0v) is 15.1. The van der Waals surface area contributed by atoms with Crippen LogP contribution in [0.3, 0.4) is 0 Å². The molecule has 1 aliphatic rings. The van der Waals surface area contributed by atoms with Crippen LogP contribution in [0.15, 0.2) is 42.5 Å². The van der Waals surface area contributed by atoms with Crippen molar-refractivity contribution in [2.75, 3.05) is 23.3 Å². The first kappa shape index (κ1) is 17.7. The molecule has 0 bridgehead atoms. The van der Waals surface area contributed by atoms with Gasteiger partial charge < -0.3 is 10.6 Å². The van der Waals surface area contributed by atoms with E-state index in [1.807, 2.05) is 36.5 Å². The molecule has 1 heterocycles. The Bertz CT molecular complexity index is 826. The van der Waals surface area contributed by atoms with Gasteiger partial charge in [0.1, 0.15) is 12.6 Å². The number of amides is 2. The zero-order chi connectivity index (χ0) is 18.0. The fraction of sp³-hybridized carbons (Fsp3) is 0.222. The number of halogens is 2. The number of para-hydroxylation sites is 2. The Kier molecular flexibility index (Phi) is 5.27. The number of nitrogens with zero attached hydrogens (tertiary/aromatic N) is 1. The fourth-order valence-electron chi connectivity index (χ4n) is 2.84. The Morgan fingerprint density at radius 3 is 2.80 bits per heavy atom. The van der Waals surface area contributed by atoms with Crippen molar-refractivity contribution >= 4 is 46.4 Å². The summed E-state index contributed by atoms with van der Waals surface area (Å²) in [6.45, 7) is 2.21. The highest BCUT2D eigenvalue weighted by atomic mass is 35.5. The SMILES string of the molecule is C[C@H]([NH2+]CC(=O)N1CC(=O)Nc2ccccc21)c1ccc(Cl)cc1Cl. The Morgan fingerprint density at radius 2 is 2.04 bits per heavy atom. The van der Waals surface area contributed by atoms with Gasteiger partial charge in [0.2, 0.25) is 5.91 Å². The second-order valence-electron chi connectivity index (χ2n) is 5.94. The third kappa shape index (κ3) is 3.95. The number of hydrogen-bond acceptors (Lipinski definition) is 2. The Labute approximate surface area is 155 Å². The lowest BCUT2D eigenvalue weighted by molar-refractivity contribution is -0.682. The third-order valence-corrected chi connectivity index (χ3v) is 4.73. The molecule has 0 fully saturated rings. The van der Waals surface area contributed by atoms with E-state index < -0.39 is 0 Å². The number of carbonyl (C=O) groups is 2. The van der Waals surface area contributed by atoms with Gasteiger partial charge in [0, 0.05) is 10.6 Å². The lowest BCUT2D eigenvalue weighted by Crippen LogP contribution is -2.87. The Hall–Kier alpha value is -2.08. The normalized spacial score (nSPS) is 14.7. The number of hydrogen-bond donors (Lipinski definition) is 2. The smallest absolute Gasteiger partial charge is 0.282 e. The van der Waals surface area contributed by atoms with Crippen LogP contribution in [0.2, 0.25) is 10.0 Å². The summed E-state index contributed by atoms with van der Waals surface area (Å²) in [6, 6.07) is 12.6. The predicted octanol–water partition coefficient (Wildman–Crippen LogP) is 2.60. The zero-order valence-electron chi connectivity index (χ0n) is 13.6. The molecule has 0 spiro atoms. The number of rotatable bonds is 4. The van der Waals surface area contributed by atoms with Crippen LogP contribution in [-0.2, 0) is 9.59 Å². The van der Waals surface area contributed by atoms with Crippen molar-refractivity contribution in [3.8, 4) is 0 Å². The minimum absolute atomic E-state index is 0.0115. The van der Waals surface area contributed by atoms with Gasteiger partial charge in [-0.2, -0.15) is 0 Å². The standard InChI is InChI=1S/C18H17Cl2N3O2/c1-11(13-7-6-12(19)8-14(13)20)21-9-18(25)23-10-17(24)22-15-4-2-3-5-16(15)23/h2-8,11,21H,9-10H2,1H3,(H,22,24)/p+1/t11-/m0/s1. The van der Waals surface area contributed by atoms with Gasteiger partial charge in [-0.05, 0) is 31.2 Å². The number of quaternary nitrogens is 1. The minimum Gasteiger partial charge on any atom is -0.332 e. The minimum atomic E-state index is -0.194. The van der Waals surface area contributed by atoms with E-state index in [1.165, 1.54) is 4.90 Å². The molecule has 1 atom stereocenters. The molecule has 7 heteroatoms. The highest BCUT2D eigenvalue weighted by Gasteiger charge is 2.28. The molecule has 0 saturated carbocycles. The lowest BCUT2D eigenvalue weighted by atomic mass is 10.1. The molecular weight excluding hydrogens is 361 g/mol. The summed E-state index contributed by atoms with van der Waals surface area (Å²) in [7, 11) is 0. The molecule has 0 radical (unpaired) electrons. The number of nitrogens with two attached hydrogens (primary N) is 1. The fourth-order valence-corrected chi connectivity index (χ4v) is 3.42. The van der Waals surface area contributed by atoms with Crippen molar-refractivity contribution in [1.82, 2.24) is 0 Å². The predicted molar refractivity (Wildman–Crippen MR) is 99.1 cm³/mol. The van der Waals surface area contributed by atoms with E-state index in [1.54, 1.807) is 18.2 Å². The highest BCUT2D eigenvalue weighted by Crippen LogP contribution is 2.28. The van der Waals surface area contributed by atoms with Crippen LogP contribution in [0.25, 0.3) is 0 Å². The number of anilines is 2. The van der Waals surface area contributed by atoms with Crippen LogP contribution in [0.1, 0.15) is 18.5 Å². The van der Waals surface area contributed by atoms with Gasteiger partial charge in [-0.1, -0.05) is 41.4 Å². The van der Waals surface area contributed by atoms with Gasteiger partial charge in [-0.3, -0.25) is 14.5 Å². The molecule has 0 unspecified atom stereocenters. The van der Waals surface area contributed by atoms with Crippen molar-refractivity contribution in [1.29, 1.82) is 0 Å². The molecule has 2 amide bonds. The van der Waals surface area contributed by atoms with E-state index in [-0.39, 0.29) is 30.9 Å². The van der Waals surface area contributed by atoms with Gasteiger partial charge in [-0.25, -0.2) is 0 Å². The van der Waals surface area contributed by atoms with E-state index in [4.69, 9.17) is 23.2 Å². The largest absolute Gasteiger partial charge is 0.332 e. The molecule has 0 saturated heterocycles. The summed E-state index contributed by atoms with van der Waals surface area (Å²) in [5.41, 5.74) is 2.29. The van der Waals surface area contributed by atoms with Gasteiger partial charge in [-0.15, -0.1) is 0 Å². The Balaban J connectivity index is 1.69. The van der Waals surface area contributed by atoms with Crippen LogP contribution >= 0.6 is 23.2 Å². The molecule has 25 heavy (non-hydrogen) atoms. The summed E-state index contributed by atoms with van der Waals surface area (Å²) >= 11 is 12.1. The lowest BCUT2D eigenvalue weighted by Gasteiger charge is -2.28. The number of carbonyl (C=O) groups excluding carboxylic acids is 2. The summed E-state index contributed by atoms with van der Waals surface area (Å²) in [6.07, 6.45) is 0. The molecule has 2 aromatic rings. The molecule has 1 aliphatic heterocycles. The van der Waals surface area contributed by atoms with Crippen LogP contribution in [0.5, 0.6) is 0 Å². The quantitative estimate of drug-likeness (QED) is 0.858. The van der Waals surface area contributed by atoms with Crippen LogP contribution in [-0.4, -0.2) is 24.9 Å². The van der Waals surface area contributed by atoms with Crippen LogP contribution < -0.4 is 15.5 Å².